The van der Waals surface area contributed by atoms with Crippen molar-refractivity contribution in [3.05, 3.63) is 35.4 Å². The third kappa shape index (κ3) is 3.80. The van der Waals surface area contributed by atoms with E-state index in [0.717, 1.165) is 12.1 Å². The molecular weight excluding hydrogens is 256 g/mol. The van der Waals surface area contributed by atoms with Crippen molar-refractivity contribution in [2.45, 2.75) is 19.1 Å². The predicted octanol–water partition coefficient (Wildman–Crippen LogP) is 1.32. The molecule has 0 bridgehead atoms. The number of hydrogen-bond acceptors (Lipinski definition) is 5. The zero-order chi connectivity index (χ0) is 14.4. The normalized spacial score (nSPS) is 19.3. The number of ether oxygens (including phenoxy) is 2. The molecule has 1 aromatic rings. The third-order valence-corrected chi connectivity index (χ3v) is 3.38. The Bertz CT molecular complexity index is 510. The fourth-order valence-corrected chi connectivity index (χ4v) is 2.32. The van der Waals surface area contributed by atoms with Crippen LogP contribution in [0.2, 0.25) is 0 Å². The quantitative estimate of drug-likeness (QED) is 0.775. The van der Waals surface area contributed by atoms with Gasteiger partial charge in [0.1, 0.15) is 0 Å². The van der Waals surface area contributed by atoms with Crippen LogP contribution in [-0.4, -0.2) is 43.8 Å². The van der Waals surface area contributed by atoms with Gasteiger partial charge < -0.3 is 9.47 Å². The van der Waals surface area contributed by atoms with Crippen molar-refractivity contribution in [1.82, 2.24) is 4.90 Å². The van der Waals surface area contributed by atoms with Gasteiger partial charge in [0.2, 0.25) is 0 Å². The molecule has 0 radical (unpaired) electrons. The van der Waals surface area contributed by atoms with Crippen molar-refractivity contribution in [2.75, 3.05) is 26.8 Å². The molecule has 1 fully saturated rings. The first-order chi connectivity index (χ1) is 9.72. The number of benzene rings is 1. The van der Waals surface area contributed by atoms with Gasteiger partial charge in [0, 0.05) is 19.6 Å². The number of morpholine rings is 1. The van der Waals surface area contributed by atoms with Gasteiger partial charge in [-0.25, -0.2) is 0 Å². The lowest BCUT2D eigenvalue weighted by molar-refractivity contribution is -0.145. The maximum Gasteiger partial charge on any atom is 0.308 e. The molecule has 1 atom stereocenters. The molecule has 5 nitrogen and oxygen atoms in total. The Kier molecular flexibility index (Phi) is 5.10. The molecule has 0 unspecified atom stereocenters. The highest BCUT2D eigenvalue weighted by molar-refractivity contribution is 5.69. The Morgan fingerprint density at radius 2 is 2.35 bits per heavy atom. The molecule has 5 heteroatoms. The molecule has 0 N–H and O–H groups in total. The van der Waals surface area contributed by atoms with Gasteiger partial charge in [-0.15, -0.1) is 0 Å². The molecule has 0 aromatic heterocycles. The summed E-state index contributed by atoms with van der Waals surface area (Å²) < 4.78 is 10.2. The molecule has 1 aromatic carbocycles. The Labute approximate surface area is 118 Å². The Morgan fingerprint density at radius 3 is 3.10 bits per heavy atom. The minimum Gasteiger partial charge on any atom is -0.469 e. The number of methoxy groups -OCH3 is 1. The van der Waals surface area contributed by atoms with E-state index in [1.807, 2.05) is 24.3 Å². The van der Waals surface area contributed by atoms with Gasteiger partial charge in [-0.1, -0.05) is 18.2 Å². The van der Waals surface area contributed by atoms with E-state index in [-0.39, 0.29) is 18.5 Å². The fourth-order valence-electron chi connectivity index (χ4n) is 2.32. The minimum atomic E-state index is -0.255. The summed E-state index contributed by atoms with van der Waals surface area (Å²) in [5.74, 6) is -0.255. The maximum absolute atomic E-state index is 11.3. The van der Waals surface area contributed by atoms with Crippen molar-refractivity contribution in [1.29, 1.82) is 5.26 Å². The van der Waals surface area contributed by atoms with Crippen molar-refractivity contribution >= 4 is 5.97 Å². The number of hydrogen-bond donors (Lipinski definition) is 0. The molecule has 0 amide bonds. The van der Waals surface area contributed by atoms with Crippen molar-refractivity contribution in [3.63, 3.8) is 0 Å². The number of nitriles is 1. The molecule has 1 aliphatic rings. The average Bonchev–Trinajstić information content (AvgIpc) is 2.48. The van der Waals surface area contributed by atoms with Crippen LogP contribution in [0.25, 0.3) is 0 Å². The number of esters is 1. The lowest BCUT2D eigenvalue weighted by atomic mass is 10.1. The molecule has 106 valence electrons. The summed E-state index contributed by atoms with van der Waals surface area (Å²) in [6, 6.07) is 9.78. The second-order valence-corrected chi connectivity index (χ2v) is 4.78. The van der Waals surface area contributed by atoms with E-state index in [1.54, 1.807) is 0 Å². The van der Waals surface area contributed by atoms with Gasteiger partial charge in [-0.2, -0.15) is 5.26 Å². The molecular formula is C15H18N2O3. The maximum atomic E-state index is 11.3. The Balaban J connectivity index is 1.96. The van der Waals surface area contributed by atoms with E-state index in [2.05, 4.69) is 15.7 Å². The largest absolute Gasteiger partial charge is 0.469 e. The fraction of sp³-hybridized carbons (Fsp3) is 0.467. The Morgan fingerprint density at radius 1 is 1.55 bits per heavy atom. The highest BCUT2D eigenvalue weighted by Crippen LogP contribution is 2.15. The van der Waals surface area contributed by atoms with Crippen LogP contribution >= 0.6 is 0 Å². The first-order valence-corrected chi connectivity index (χ1v) is 6.61. The van der Waals surface area contributed by atoms with E-state index < -0.39 is 0 Å². The summed E-state index contributed by atoms with van der Waals surface area (Å²) in [4.78, 5) is 13.5. The zero-order valence-electron chi connectivity index (χ0n) is 11.5. The molecule has 0 aliphatic carbocycles. The van der Waals surface area contributed by atoms with Gasteiger partial charge in [-0.05, 0) is 11.6 Å². The highest BCUT2D eigenvalue weighted by atomic mass is 16.5. The third-order valence-electron chi connectivity index (χ3n) is 3.38. The first kappa shape index (κ1) is 14.5. The summed E-state index contributed by atoms with van der Waals surface area (Å²) in [6.45, 7) is 2.77. The van der Waals surface area contributed by atoms with E-state index >= 15 is 0 Å². The van der Waals surface area contributed by atoms with Crippen LogP contribution in [0.1, 0.15) is 17.5 Å². The first-order valence-electron chi connectivity index (χ1n) is 6.61. The summed E-state index contributed by atoms with van der Waals surface area (Å²) >= 11 is 0. The lowest BCUT2D eigenvalue weighted by Crippen LogP contribution is -2.43. The van der Waals surface area contributed by atoms with Crippen LogP contribution in [0.5, 0.6) is 0 Å². The smallest absolute Gasteiger partial charge is 0.308 e. The molecule has 1 saturated heterocycles. The molecule has 0 spiro atoms. The summed E-state index contributed by atoms with van der Waals surface area (Å²) in [7, 11) is 1.38. The van der Waals surface area contributed by atoms with Crippen LogP contribution in [-0.2, 0) is 20.8 Å². The second kappa shape index (κ2) is 7.04. The molecule has 1 aliphatic heterocycles. The minimum absolute atomic E-state index is 0.134. The summed E-state index contributed by atoms with van der Waals surface area (Å²) in [5, 5.41) is 9.10. The topological polar surface area (TPSA) is 62.6 Å². The second-order valence-electron chi connectivity index (χ2n) is 4.78. The van der Waals surface area contributed by atoms with Gasteiger partial charge in [-0.3, -0.25) is 9.69 Å². The monoisotopic (exact) mass is 274 g/mol. The lowest BCUT2D eigenvalue weighted by Gasteiger charge is -2.32. The van der Waals surface area contributed by atoms with Gasteiger partial charge in [0.25, 0.3) is 0 Å². The SMILES string of the molecule is COC(=O)C[C@H]1CN(Cc2ccccc2C#N)CCO1. The number of carbonyl (C=O) groups is 1. The van der Waals surface area contributed by atoms with Crippen LogP contribution < -0.4 is 0 Å². The summed E-state index contributed by atoms with van der Waals surface area (Å²) in [6.07, 6.45) is 0.137. The van der Waals surface area contributed by atoms with Crippen molar-refractivity contribution < 1.29 is 14.3 Å². The van der Waals surface area contributed by atoms with Crippen LogP contribution in [0, 0.1) is 11.3 Å². The molecule has 0 saturated carbocycles. The standard InChI is InChI=1S/C15H18N2O3/c1-19-15(18)8-14-11-17(6-7-20-14)10-13-5-3-2-4-12(13)9-16/h2-5,14H,6-8,10-11H2,1H3/t14-/m0/s1. The molecule has 1 heterocycles. The van der Waals surface area contributed by atoms with Crippen LogP contribution in [0.3, 0.4) is 0 Å². The number of nitrogens with zero attached hydrogens (tertiary/aromatic N) is 2. The van der Waals surface area contributed by atoms with E-state index in [1.165, 1.54) is 7.11 Å². The average molecular weight is 274 g/mol. The Hall–Kier alpha value is -1.90. The van der Waals surface area contributed by atoms with Gasteiger partial charge in [0.15, 0.2) is 0 Å². The summed E-state index contributed by atoms with van der Waals surface area (Å²) in [5.41, 5.74) is 1.71. The van der Waals surface area contributed by atoms with E-state index in [9.17, 15) is 4.79 Å². The van der Waals surface area contributed by atoms with Crippen LogP contribution in [0.15, 0.2) is 24.3 Å². The molecule has 20 heavy (non-hydrogen) atoms. The van der Waals surface area contributed by atoms with Crippen LogP contribution in [0.4, 0.5) is 0 Å². The zero-order valence-corrected chi connectivity index (χ0v) is 11.5. The van der Waals surface area contributed by atoms with Crippen molar-refractivity contribution in [2.24, 2.45) is 0 Å². The van der Waals surface area contributed by atoms with Crippen molar-refractivity contribution in [3.8, 4) is 6.07 Å². The highest BCUT2D eigenvalue weighted by Gasteiger charge is 2.23. The van der Waals surface area contributed by atoms with E-state index in [4.69, 9.17) is 10.00 Å². The van der Waals surface area contributed by atoms with E-state index in [0.29, 0.717) is 25.3 Å². The predicted molar refractivity (Wildman–Crippen MR) is 72.8 cm³/mol. The van der Waals surface area contributed by atoms with Gasteiger partial charge in [0.05, 0.1) is 37.9 Å². The van der Waals surface area contributed by atoms with Gasteiger partial charge >= 0.3 is 5.97 Å². The number of carbonyl (C=O) groups excluding carboxylic acids is 1. The molecule has 2 rings (SSSR count). The number of rotatable bonds is 4.